The zero-order chi connectivity index (χ0) is 23.9. The number of aryl methyl sites for hydroxylation is 1. The first kappa shape index (κ1) is 24.0. The first-order chi connectivity index (χ1) is 16.5. The predicted molar refractivity (Wildman–Crippen MR) is 136 cm³/mol. The SMILES string of the molecule is Cc1ccc(C(=O)OBr)c(NC(=O)c2cc(C3CCNCC3)ccc2OCc2ccccc2)c1. The third-order valence-electron chi connectivity index (χ3n) is 6.01. The van der Waals surface area contributed by atoms with Crippen LogP contribution in [-0.2, 0) is 10.4 Å². The van der Waals surface area contributed by atoms with Crippen LogP contribution in [0.4, 0.5) is 5.69 Å². The van der Waals surface area contributed by atoms with Gasteiger partial charge in [0.15, 0.2) is 16.3 Å². The molecule has 1 amide bonds. The van der Waals surface area contributed by atoms with E-state index in [1.54, 1.807) is 18.2 Å². The number of hydrogen-bond donors (Lipinski definition) is 2. The van der Waals surface area contributed by atoms with E-state index in [1.165, 1.54) is 0 Å². The highest BCUT2D eigenvalue weighted by Gasteiger charge is 2.22. The van der Waals surface area contributed by atoms with Gasteiger partial charge in [0.2, 0.25) is 0 Å². The van der Waals surface area contributed by atoms with E-state index in [9.17, 15) is 9.59 Å². The Morgan fingerprint density at radius 3 is 2.50 bits per heavy atom. The summed E-state index contributed by atoms with van der Waals surface area (Å²) in [7, 11) is 0. The minimum Gasteiger partial charge on any atom is -0.488 e. The molecule has 1 aliphatic heterocycles. The number of carbonyl (C=O) groups is 2. The van der Waals surface area contributed by atoms with Gasteiger partial charge in [0, 0.05) is 0 Å². The molecule has 4 rings (SSSR count). The maximum absolute atomic E-state index is 13.5. The Kier molecular flexibility index (Phi) is 7.98. The minimum atomic E-state index is -0.584. The highest BCUT2D eigenvalue weighted by atomic mass is 79.9. The van der Waals surface area contributed by atoms with Gasteiger partial charge < -0.3 is 19.2 Å². The van der Waals surface area contributed by atoms with Crippen LogP contribution >= 0.6 is 16.3 Å². The largest absolute Gasteiger partial charge is 0.488 e. The minimum absolute atomic E-state index is 0.261. The topological polar surface area (TPSA) is 76.7 Å². The second kappa shape index (κ2) is 11.3. The lowest BCUT2D eigenvalue weighted by Crippen LogP contribution is -2.26. The highest BCUT2D eigenvalue weighted by molar-refractivity contribution is 9.06. The van der Waals surface area contributed by atoms with E-state index in [2.05, 4.69) is 26.9 Å². The Hall–Kier alpha value is -3.16. The van der Waals surface area contributed by atoms with E-state index < -0.39 is 5.97 Å². The van der Waals surface area contributed by atoms with Crippen molar-refractivity contribution in [3.63, 3.8) is 0 Å². The van der Waals surface area contributed by atoms with Gasteiger partial charge >= 0.3 is 5.97 Å². The van der Waals surface area contributed by atoms with Crippen molar-refractivity contribution in [2.45, 2.75) is 32.3 Å². The summed E-state index contributed by atoms with van der Waals surface area (Å²) in [6, 6.07) is 20.8. The molecular formula is C27H27BrN2O4. The maximum Gasteiger partial charge on any atom is 0.351 e. The van der Waals surface area contributed by atoms with E-state index in [0.717, 1.165) is 42.6 Å². The molecule has 176 valence electrons. The van der Waals surface area contributed by atoms with Gasteiger partial charge in [0.25, 0.3) is 5.91 Å². The molecule has 1 aliphatic rings. The molecule has 1 fully saturated rings. The van der Waals surface area contributed by atoms with Gasteiger partial charge in [-0.2, -0.15) is 0 Å². The monoisotopic (exact) mass is 522 g/mol. The van der Waals surface area contributed by atoms with Crippen LogP contribution in [-0.4, -0.2) is 25.0 Å². The van der Waals surface area contributed by atoms with Crippen LogP contribution in [0.15, 0.2) is 66.7 Å². The number of carbonyl (C=O) groups excluding carboxylic acids is 2. The standard InChI is InChI=1S/C27H27BrN2O4/c1-18-7-9-22(27(32)34-28)24(15-18)30-26(31)23-16-21(20-11-13-29-14-12-20)8-10-25(23)33-17-19-5-3-2-4-6-19/h2-10,15-16,20,29H,11-14,17H2,1H3,(H,30,31). The van der Waals surface area contributed by atoms with E-state index in [-0.39, 0.29) is 11.5 Å². The van der Waals surface area contributed by atoms with E-state index in [1.807, 2.05) is 55.5 Å². The molecule has 0 spiro atoms. The van der Waals surface area contributed by atoms with Gasteiger partial charge in [0.1, 0.15) is 12.4 Å². The molecule has 0 saturated carbocycles. The summed E-state index contributed by atoms with van der Waals surface area (Å²) in [5.41, 5.74) is 4.12. The van der Waals surface area contributed by atoms with E-state index in [4.69, 9.17) is 8.57 Å². The molecule has 0 aromatic heterocycles. The molecule has 34 heavy (non-hydrogen) atoms. The lowest BCUT2D eigenvalue weighted by atomic mass is 9.89. The smallest absolute Gasteiger partial charge is 0.351 e. The van der Waals surface area contributed by atoms with Gasteiger partial charge in [0.05, 0.1) is 16.8 Å². The number of amides is 1. The van der Waals surface area contributed by atoms with Crippen molar-refractivity contribution in [1.29, 1.82) is 0 Å². The lowest BCUT2D eigenvalue weighted by molar-refractivity contribution is 0.0783. The molecule has 0 unspecified atom stereocenters. The van der Waals surface area contributed by atoms with Crippen molar-refractivity contribution < 1.29 is 18.2 Å². The van der Waals surface area contributed by atoms with Crippen LogP contribution < -0.4 is 15.4 Å². The Morgan fingerprint density at radius 1 is 1.00 bits per heavy atom. The Labute approximate surface area is 208 Å². The number of halogens is 1. The van der Waals surface area contributed by atoms with Crippen LogP contribution in [0, 0.1) is 6.92 Å². The summed E-state index contributed by atoms with van der Waals surface area (Å²) in [5, 5.41) is 6.28. The summed E-state index contributed by atoms with van der Waals surface area (Å²) in [6.07, 6.45) is 2.04. The van der Waals surface area contributed by atoms with Crippen LogP contribution in [0.2, 0.25) is 0 Å². The molecule has 1 heterocycles. The Balaban J connectivity index is 1.65. The van der Waals surface area contributed by atoms with Crippen molar-refractivity contribution in [2.24, 2.45) is 0 Å². The molecular weight excluding hydrogens is 496 g/mol. The fraction of sp³-hybridized carbons (Fsp3) is 0.259. The van der Waals surface area contributed by atoms with Gasteiger partial charge in [-0.15, -0.1) is 0 Å². The van der Waals surface area contributed by atoms with Crippen LogP contribution in [0.3, 0.4) is 0 Å². The van der Waals surface area contributed by atoms with Crippen molar-refractivity contribution in [3.8, 4) is 5.75 Å². The van der Waals surface area contributed by atoms with Crippen molar-refractivity contribution in [1.82, 2.24) is 5.32 Å². The van der Waals surface area contributed by atoms with E-state index >= 15 is 0 Å². The molecule has 1 saturated heterocycles. The quantitative estimate of drug-likeness (QED) is 0.412. The Bertz CT molecular complexity index is 1160. The number of piperidine rings is 1. The third-order valence-corrected chi connectivity index (χ3v) is 6.30. The third kappa shape index (κ3) is 5.85. The average molecular weight is 523 g/mol. The number of ether oxygens (including phenoxy) is 1. The molecule has 2 N–H and O–H groups in total. The molecule has 7 heteroatoms. The number of benzene rings is 3. The molecule has 0 radical (unpaired) electrons. The van der Waals surface area contributed by atoms with Gasteiger partial charge in [-0.25, -0.2) is 4.79 Å². The molecule has 0 aliphatic carbocycles. The van der Waals surface area contributed by atoms with Crippen molar-refractivity contribution in [2.75, 3.05) is 18.4 Å². The number of anilines is 1. The lowest BCUT2D eigenvalue weighted by Gasteiger charge is -2.24. The number of nitrogens with one attached hydrogen (secondary N) is 2. The second-order valence-electron chi connectivity index (χ2n) is 8.42. The van der Waals surface area contributed by atoms with Crippen LogP contribution in [0.1, 0.15) is 56.2 Å². The average Bonchev–Trinajstić information content (AvgIpc) is 2.88. The first-order valence-electron chi connectivity index (χ1n) is 11.3. The number of hydrogen-bond acceptors (Lipinski definition) is 5. The zero-order valence-electron chi connectivity index (χ0n) is 19.0. The second-order valence-corrected chi connectivity index (χ2v) is 8.75. The molecule has 0 atom stereocenters. The number of rotatable bonds is 7. The summed E-state index contributed by atoms with van der Waals surface area (Å²) in [6.45, 7) is 4.16. The fourth-order valence-electron chi connectivity index (χ4n) is 4.17. The highest BCUT2D eigenvalue weighted by Crippen LogP contribution is 2.31. The summed E-state index contributed by atoms with van der Waals surface area (Å²) >= 11 is 2.74. The van der Waals surface area contributed by atoms with Crippen LogP contribution in [0.25, 0.3) is 0 Å². The van der Waals surface area contributed by atoms with Gasteiger partial charge in [-0.3, -0.25) is 4.79 Å². The Morgan fingerprint density at radius 2 is 1.76 bits per heavy atom. The predicted octanol–water partition coefficient (Wildman–Crippen LogP) is 5.76. The fourth-order valence-corrected chi connectivity index (χ4v) is 4.34. The zero-order valence-corrected chi connectivity index (χ0v) is 20.6. The van der Waals surface area contributed by atoms with Crippen LogP contribution in [0.5, 0.6) is 5.75 Å². The normalized spacial score (nSPS) is 13.8. The van der Waals surface area contributed by atoms with Crippen molar-refractivity contribution >= 4 is 33.8 Å². The summed E-state index contributed by atoms with van der Waals surface area (Å²) < 4.78 is 10.8. The van der Waals surface area contributed by atoms with Crippen molar-refractivity contribution in [3.05, 3.63) is 94.5 Å². The first-order valence-corrected chi connectivity index (χ1v) is 12.0. The molecule has 3 aromatic carbocycles. The molecule has 6 nitrogen and oxygen atoms in total. The maximum atomic E-state index is 13.5. The molecule has 0 bridgehead atoms. The summed E-state index contributed by atoms with van der Waals surface area (Å²) in [5.74, 6) is -0.0439. The van der Waals surface area contributed by atoms with Gasteiger partial charge in [-0.1, -0.05) is 42.5 Å². The molecule has 3 aromatic rings. The van der Waals surface area contributed by atoms with E-state index in [0.29, 0.717) is 29.5 Å². The summed E-state index contributed by atoms with van der Waals surface area (Å²) in [4.78, 5) is 25.7. The van der Waals surface area contributed by atoms with Gasteiger partial charge in [-0.05, 0) is 79.7 Å².